The Morgan fingerprint density at radius 1 is 1.25 bits per heavy atom. The molecule has 110 valence electrons. The van der Waals surface area contributed by atoms with Crippen LogP contribution in [0.1, 0.15) is 57.4 Å². The van der Waals surface area contributed by atoms with Crippen LogP contribution in [-0.4, -0.2) is 23.6 Å². The number of rotatable bonds is 6. The summed E-state index contributed by atoms with van der Waals surface area (Å²) < 4.78 is 0. The first kappa shape index (κ1) is 13.9. The van der Waals surface area contributed by atoms with Gasteiger partial charge in [0, 0.05) is 31.4 Å². The van der Waals surface area contributed by atoms with E-state index in [0.717, 1.165) is 12.6 Å². The third-order valence-electron chi connectivity index (χ3n) is 4.52. The molecule has 0 amide bonds. The van der Waals surface area contributed by atoms with Gasteiger partial charge in [-0.15, -0.1) is 0 Å². The summed E-state index contributed by atoms with van der Waals surface area (Å²) in [6.45, 7) is 4.43. The van der Waals surface area contributed by atoms with Gasteiger partial charge in [-0.25, -0.2) is 4.98 Å². The minimum atomic E-state index is 0.705. The molecule has 1 saturated carbocycles. The maximum atomic E-state index is 4.72. The third kappa shape index (κ3) is 3.51. The topological polar surface area (TPSA) is 28.2 Å². The van der Waals surface area contributed by atoms with E-state index in [1.807, 2.05) is 0 Å². The van der Waals surface area contributed by atoms with E-state index in [4.69, 9.17) is 4.98 Å². The summed E-state index contributed by atoms with van der Waals surface area (Å²) >= 11 is 0. The normalized spacial score (nSPS) is 23.1. The van der Waals surface area contributed by atoms with E-state index in [0.29, 0.717) is 6.04 Å². The maximum absolute atomic E-state index is 4.72. The van der Waals surface area contributed by atoms with Gasteiger partial charge in [0.1, 0.15) is 5.82 Å². The molecule has 1 aliphatic carbocycles. The smallest absolute Gasteiger partial charge is 0.128 e. The Morgan fingerprint density at radius 3 is 2.85 bits per heavy atom. The molecule has 0 spiro atoms. The molecule has 0 aromatic carbocycles. The van der Waals surface area contributed by atoms with Crippen molar-refractivity contribution in [2.24, 2.45) is 0 Å². The van der Waals surface area contributed by atoms with Crippen molar-refractivity contribution in [2.75, 3.05) is 11.4 Å². The fourth-order valence-electron chi connectivity index (χ4n) is 3.18. The highest BCUT2D eigenvalue weighted by Crippen LogP contribution is 2.26. The Balaban J connectivity index is 1.62. The summed E-state index contributed by atoms with van der Waals surface area (Å²) in [6.07, 6.45) is 11.3. The molecule has 1 aromatic rings. The van der Waals surface area contributed by atoms with Crippen molar-refractivity contribution in [3.05, 3.63) is 23.9 Å². The molecule has 0 radical (unpaired) electrons. The highest BCUT2D eigenvalue weighted by Gasteiger charge is 2.23. The second-order valence-electron chi connectivity index (χ2n) is 6.31. The second kappa shape index (κ2) is 6.57. The van der Waals surface area contributed by atoms with Gasteiger partial charge in [0.25, 0.3) is 0 Å². The molecule has 20 heavy (non-hydrogen) atoms. The van der Waals surface area contributed by atoms with Crippen molar-refractivity contribution >= 4 is 5.82 Å². The van der Waals surface area contributed by atoms with Crippen molar-refractivity contribution < 1.29 is 0 Å². The van der Waals surface area contributed by atoms with E-state index >= 15 is 0 Å². The molecule has 0 bridgehead atoms. The molecule has 2 heterocycles. The van der Waals surface area contributed by atoms with Crippen LogP contribution in [0.2, 0.25) is 0 Å². The number of hydrogen-bond acceptors (Lipinski definition) is 3. The van der Waals surface area contributed by atoms with E-state index < -0.39 is 0 Å². The number of pyridine rings is 1. The first-order chi connectivity index (χ1) is 9.86. The molecule has 1 aromatic heterocycles. The first-order valence-corrected chi connectivity index (χ1v) is 8.32. The van der Waals surface area contributed by atoms with E-state index in [9.17, 15) is 0 Å². The predicted molar refractivity (Wildman–Crippen MR) is 84.0 cm³/mol. The molecular formula is C17H27N3. The molecule has 1 saturated heterocycles. The minimum Gasteiger partial charge on any atom is -0.354 e. The highest BCUT2D eigenvalue weighted by molar-refractivity contribution is 5.41. The van der Waals surface area contributed by atoms with Crippen LogP contribution in [0.4, 0.5) is 5.82 Å². The first-order valence-electron chi connectivity index (χ1n) is 8.32. The third-order valence-corrected chi connectivity index (χ3v) is 4.52. The monoisotopic (exact) mass is 273 g/mol. The molecule has 1 atom stereocenters. The number of anilines is 1. The molecule has 2 fully saturated rings. The van der Waals surface area contributed by atoms with Gasteiger partial charge in [0.2, 0.25) is 0 Å². The van der Waals surface area contributed by atoms with Gasteiger partial charge in [-0.2, -0.15) is 0 Å². The van der Waals surface area contributed by atoms with Crippen LogP contribution in [-0.2, 0) is 6.54 Å². The average Bonchev–Trinajstić information content (AvgIpc) is 3.31. The van der Waals surface area contributed by atoms with Crippen LogP contribution in [0.15, 0.2) is 18.3 Å². The van der Waals surface area contributed by atoms with Crippen LogP contribution in [0.5, 0.6) is 0 Å². The van der Waals surface area contributed by atoms with Gasteiger partial charge < -0.3 is 10.2 Å². The molecule has 1 unspecified atom stereocenters. The fraction of sp³-hybridized carbons (Fsp3) is 0.706. The molecule has 3 heteroatoms. The standard InChI is InChI=1S/C17H27N3/c1-2-5-16-6-3-4-11-20(16)17-10-7-14(13-19-17)12-18-15-8-9-15/h7,10,13,15-16,18H,2-6,8-9,11-12H2,1H3. The Bertz CT molecular complexity index is 409. The van der Waals surface area contributed by atoms with Crippen LogP contribution in [0.25, 0.3) is 0 Å². The van der Waals surface area contributed by atoms with Crippen LogP contribution in [0.3, 0.4) is 0 Å². The van der Waals surface area contributed by atoms with E-state index in [1.54, 1.807) is 0 Å². The molecule has 2 aliphatic rings. The molecule has 3 rings (SSSR count). The Kier molecular flexibility index (Phi) is 4.56. The fourth-order valence-corrected chi connectivity index (χ4v) is 3.18. The number of aromatic nitrogens is 1. The summed E-state index contributed by atoms with van der Waals surface area (Å²) in [5.74, 6) is 1.18. The van der Waals surface area contributed by atoms with Gasteiger partial charge in [-0.3, -0.25) is 0 Å². The summed E-state index contributed by atoms with van der Waals surface area (Å²) in [7, 11) is 0. The lowest BCUT2D eigenvalue weighted by molar-refractivity contribution is 0.432. The highest BCUT2D eigenvalue weighted by atomic mass is 15.2. The Hall–Kier alpha value is -1.09. The van der Waals surface area contributed by atoms with Crippen molar-refractivity contribution in [1.82, 2.24) is 10.3 Å². The zero-order valence-corrected chi connectivity index (χ0v) is 12.6. The molecule has 1 N–H and O–H groups in total. The van der Waals surface area contributed by atoms with Gasteiger partial charge in [-0.1, -0.05) is 19.4 Å². The lowest BCUT2D eigenvalue weighted by Crippen LogP contribution is -2.40. The zero-order chi connectivity index (χ0) is 13.8. The largest absolute Gasteiger partial charge is 0.354 e. The Labute approximate surface area is 122 Å². The minimum absolute atomic E-state index is 0.705. The summed E-state index contributed by atoms with van der Waals surface area (Å²) in [4.78, 5) is 7.25. The summed E-state index contributed by atoms with van der Waals surface area (Å²) in [6, 6.07) is 5.94. The summed E-state index contributed by atoms with van der Waals surface area (Å²) in [5.41, 5.74) is 1.31. The van der Waals surface area contributed by atoms with Gasteiger partial charge in [0.15, 0.2) is 0 Å². The van der Waals surface area contributed by atoms with Crippen LogP contribution in [0, 0.1) is 0 Å². The van der Waals surface area contributed by atoms with E-state index in [-0.39, 0.29) is 0 Å². The van der Waals surface area contributed by atoms with Gasteiger partial charge in [-0.05, 0) is 50.2 Å². The lowest BCUT2D eigenvalue weighted by atomic mass is 9.98. The van der Waals surface area contributed by atoms with Gasteiger partial charge >= 0.3 is 0 Å². The number of nitrogens with zero attached hydrogens (tertiary/aromatic N) is 2. The van der Waals surface area contributed by atoms with Crippen molar-refractivity contribution in [1.29, 1.82) is 0 Å². The van der Waals surface area contributed by atoms with Crippen molar-refractivity contribution in [2.45, 2.75) is 70.5 Å². The molecule has 3 nitrogen and oxygen atoms in total. The quantitative estimate of drug-likeness (QED) is 0.860. The number of piperidine rings is 1. The Morgan fingerprint density at radius 2 is 2.15 bits per heavy atom. The second-order valence-corrected chi connectivity index (χ2v) is 6.31. The summed E-state index contributed by atoms with van der Waals surface area (Å²) in [5, 5.41) is 3.55. The lowest BCUT2D eigenvalue weighted by Gasteiger charge is -2.36. The van der Waals surface area contributed by atoms with Crippen LogP contribution < -0.4 is 10.2 Å². The average molecular weight is 273 g/mol. The molecule has 1 aliphatic heterocycles. The van der Waals surface area contributed by atoms with Crippen LogP contribution >= 0.6 is 0 Å². The maximum Gasteiger partial charge on any atom is 0.128 e. The number of hydrogen-bond donors (Lipinski definition) is 1. The molecular weight excluding hydrogens is 246 g/mol. The zero-order valence-electron chi connectivity index (χ0n) is 12.6. The SMILES string of the molecule is CCCC1CCCCN1c1ccc(CNC2CC2)cn1. The van der Waals surface area contributed by atoms with E-state index in [1.165, 1.54) is 62.9 Å². The van der Waals surface area contributed by atoms with Crippen molar-refractivity contribution in [3.8, 4) is 0 Å². The number of nitrogens with one attached hydrogen (secondary N) is 1. The predicted octanol–water partition coefficient (Wildman–Crippen LogP) is 3.49. The van der Waals surface area contributed by atoms with E-state index in [2.05, 4.69) is 35.5 Å². The van der Waals surface area contributed by atoms with Gasteiger partial charge in [0.05, 0.1) is 0 Å². The van der Waals surface area contributed by atoms with Crippen molar-refractivity contribution in [3.63, 3.8) is 0 Å².